The number of carbonyl (C=O) groups is 2. The van der Waals surface area contributed by atoms with Crippen LogP contribution in [-0.4, -0.2) is 31.6 Å². The molecule has 0 aromatic heterocycles. The second-order valence-corrected chi connectivity index (χ2v) is 8.70. The standard InChI is InChI=1S/C23H18N2O6S2/c1-29-32-21-16(24)7-5-13-18(15-9-11(10-26)3-4-12(15)23(27)28)14-6-8-17(25)22(33-30-2)20(14)31-19(13)21/h3-10,24H,25H2,1-2H3,(H,27,28). The molecule has 0 unspecified atom stereocenters. The Bertz CT molecular complexity index is 1430. The summed E-state index contributed by atoms with van der Waals surface area (Å²) in [7, 11) is 2.97. The van der Waals surface area contributed by atoms with Crippen LogP contribution < -0.4 is 11.1 Å². The average Bonchev–Trinajstić information content (AvgIpc) is 2.81. The number of fused-ring (bicyclic) bond motifs is 2. The van der Waals surface area contributed by atoms with Crippen LogP contribution >= 0.6 is 24.1 Å². The zero-order valence-corrected chi connectivity index (χ0v) is 19.1. The van der Waals surface area contributed by atoms with Gasteiger partial charge in [0.1, 0.15) is 16.1 Å². The molecule has 0 saturated carbocycles. The van der Waals surface area contributed by atoms with Crippen molar-refractivity contribution in [3.8, 4) is 22.5 Å². The molecule has 1 aliphatic heterocycles. The molecule has 168 valence electrons. The monoisotopic (exact) mass is 482 g/mol. The molecule has 1 aliphatic carbocycles. The van der Waals surface area contributed by atoms with Crippen molar-refractivity contribution in [2.24, 2.45) is 0 Å². The summed E-state index contributed by atoms with van der Waals surface area (Å²) in [6.07, 6.45) is 0.658. The van der Waals surface area contributed by atoms with Crippen LogP contribution in [-0.2, 0) is 8.37 Å². The van der Waals surface area contributed by atoms with Gasteiger partial charge in [0.15, 0.2) is 11.3 Å². The molecule has 2 aromatic rings. The summed E-state index contributed by atoms with van der Waals surface area (Å²) in [6.45, 7) is 0. The number of rotatable bonds is 7. The maximum absolute atomic E-state index is 12.1. The summed E-state index contributed by atoms with van der Waals surface area (Å²) in [6, 6.07) is 11.1. The van der Waals surface area contributed by atoms with Crippen LogP contribution in [0.4, 0.5) is 5.69 Å². The van der Waals surface area contributed by atoms with E-state index < -0.39 is 5.97 Å². The minimum absolute atomic E-state index is 0.0167. The van der Waals surface area contributed by atoms with Crippen molar-refractivity contribution in [1.82, 2.24) is 0 Å². The summed E-state index contributed by atoms with van der Waals surface area (Å²) >= 11 is 1.97. The van der Waals surface area contributed by atoms with Gasteiger partial charge in [0.25, 0.3) is 0 Å². The largest absolute Gasteiger partial charge is 0.478 e. The number of anilines is 1. The molecule has 4 N–H and O–H groups in total. The molecule has 8 nitrogen and oxygen atoms in total. The Morgan fingerprint density at radius 1 is 1.06 bits per heavy atom. The van der Waals surface area contributed by atoms with Gasteiger partial charge in [-0.15, -0.1) is 0 Å². The highest BCUT2D eigenvalue weighted by atomic mass is 32.2. The van der Waals surface area contributed by atoms with Crippen LogP contribution in [0.3, 0.4) is 0 Å². The third kappa shape index (κ3) is 3.98. The summed E-state index contributed by atoms with van der Waals surface area (Å²) in [5.74, 6) is -0.816. The number of carboxylic acids is 1. The number of hydrogen-bond donors (Lipinski definition) is 3. The van der Waals surface area contributed by atoms with E-state index in [2.05, 4.69) is 0 Å². The van der Waals surface area contributed by atoms with Crippen molar-refractivity contribution in [1.29, 1.82) is 5.41 Å². The van der Waals surface area contributed by atoms with Gasteiger partial charge in [-0.2, -0.15) is 0 Å². The van der Waals surface area contributed by atoms with Gasteiger partial charge in [-0.1, -0.05) is 6.07 Å². The van der Waals surface area contributed by atoms with Crippen molar-refractivity contribution in [2.45, 2.75) is 9.79 Å². The van der Waals surface area contributed by atoms with E-state index in [1.165, 1.54) is 32.4 Å². The molecule has 0 spiro atoms. The van der Waals surface area contributed by atoms with Gasteiger partial charge in [-0.05, 0) is 42.0 Å². The first-order valence-corrected chi connectivity index (χ1v) is 11.0. The SMILES string of the molecule is COSc1c2oc3c(SOC)c(N)ccc3c(-c3cc(C=O)ccc3C(=O)O)c-2ccc1=N. The molecular weight excluding hydrogens is 464 g/mol. The molecule has 0 fully saturated rings. The summed E-state index contributed by atoms with van der Waals surface area (Å²) in [4.78, 5) is 24.5. The number of aromatic carboxylic acids is 1. The average molecular weight is 483 g/mol. The first-order chi connectivity index (χ1) is 15.9. The van der Waals surface area contributed by atoms with Gasteiger partial charge in [0, 0.05) is 46.2 Å². The molecule has 0 radical (unpaired) electrons. The molecule has 0 amide bonds. The predicted molar refractivity (Wildman–Crippen MR) is 127 cm³/mol. The van der Waals surface area contributed by atoms with Crippen molar-refractivity contribution in [3.63, 3.8) is 0 Å². The lowest BCUT2D eigenvalue weighted by Crippen LogP contribution is -2.08. The first kappa shape index (κ1) is 22.9. The van der Waals surface area contributed by atoms with E-state index in [1.807, 2.05) is 0 Å². The number of hydrogen-bond acceptors (Lipinski definition) is 9. The highest BCUT2D eigenvalue weighted by Crippen LogP contribution is 2.47. The third-order valence-corrected chi connectivity index (χ3v) is 6.50. The lowest BCUT2D eigenvalue weighted by atomic mass is 9.89. The number of carboxylic acid groups (broad SMARTS) is 1. The normalized spacial score (nSPS) is 11.2. The summed E-state index contributed by atoms with van der Waals surface area (Å²) < 4.78 is 16.7. The zero-order valence-electron chi connectivity index (χ0n) is 17.5. The molecular formula is C23H18N2O6S2. The summed E-state index contributed by atoms with van der Waals surface area (Å²) in [5.41, 5.74) is 8.72. The molecule has 10 heteroatoms. The molecule has 1 heterocycles. The minimum Gasteiger partial charge on any atom is -0.478 e. The Labute approximate surface area is 197 Å². The molecule has 4 rings (SSSR count). The molecule has 0 bridgehead atoms. The van der Waals surface area contributed by atoms with Crippen molar-refractivity contribution >= 4 is 53.0 Å². The number of nitrogens with two attached hydrogens (primary N) is 1. The van der Waals surface area contributed by atoms with Crippen LogP contribution in [0.15, 0.2) is 56.7 Å². The van der Waals surface area contributed by atoms with Crippen LogP contribution in [0.1, 0.15) is 20.7 Å². The Kier molecular flexibility index (Phi) is 6.43. The van der Waals surface area contributed by atoms with Gasteiger partial charge in [0.05, 0.1) is 30.8 Å². The number of nitrogen functional groups attached to an aromatic ring is 1. The van der Waals surface area contributed by atoms with Crippen molar-refractivity contribution in [3.05, 3.63) is 58.9 Å². The zero-order chi connectivity index (χ0) is 23.7. The fourth-order valence-electron chi connectivity index (χ4n) is 3.64. The predicted octanol–water partition coefficient (Wildman–Crippen LogP) is 5.08. The Morgan fingerprint density at radius 3 is 2.45 bits per heavy atom. The molecule has 33 heavy (non-hydrogen) atoms. The Hall–Kier alpha value is -3.31. The second kappa shape index (κ2) is 9.28. The Morgan fingerprint density at radius 2 is 1.79 bits per heavy atom. The second-order valence-electron chi connectivity index (χ2n) is 6.88. The van der Waals surface area contributed by atoms with Crippen LogP contribution in [0.25, 0.3) is 33.4 Å². The first-order valence-electron chi connectivity index (χ1n) is 9.52. The minimum atomic E-state index is -1.14. The van der Waals surface area contributed by atoms with E-state index in [0.29, 0.717) is 60.7 Å². The topological polar surface area (TPSA) is 136 Å². The van der Waals surface area contributed by atoms with Gasteiger partial charge in [0.2, 0.25) is 0 Å². The number of aldehydes is 1. The van der Waals surface area contributed by atoms with E-state index in [4.69, 9.17) is 23.9 Å². The lowest BCUT2D eigenvalue weighted by molar-refractivity contribution is 0.0697. The Balaban J connectivity index is 2.27. The van der Waals surface area contributed by atoms with Crippen LogP contribution in [0, 0.1) is 5.41 Å². The van der Waals surface area contributed by atoms with E-state index in [0.717, 1.165) is 24.1 Å². The highest BCUT2D eigenvalue weighted by molar-refractivity contribution is 7.95. The van der Waals surface area contributed by atoms with Crippen LogP contribution in [0.5, 0.6) is 0 Å². The lowest BCUT2D eigenvalue weighted by Gasteiger charge is -2.20. The quantitative estimate of drug-likeness (QED) is 0.142. The van der Waals surface area contributed by atoms with Gasteiger partial charge >= 0.3 is 5.97 Å². The van der Waals surface area contributed by atoms with E-state index in [-0.39, 0.29) is 10.9 Å². The van der Waals surface area contributed by atoms with Gasteiger partial charge in [-0.3, -0.25) is 10.2 Å². The fourth-order valence-corrected chi connectivity index (χ4v) is 4.75. The van der Waals surface area contributed by atoms with Crippen LogP contribution in [0.2, 0.25) is 0 Å². The van der Waals surface area contributed by atoms with Gasteiger partial charge in [-0.25, -0.2) is 4.79 Å². The number of benzene rings is 3. The van der Waals surface area contributed by atoms with E-state index >= 15 is 0 Å². The van der Waals surface area contributed by atoms with E-state index in [1.54, 1.807) is 24.3 Å². The molecule has 2 aliphatic rings. The van der Waals surface area contributed by atoms with Crippen molar-refractivity contribution in [2.75, 3.05) is 20.0 Å². The van der Waals surface area contributed by atoms with Crippen molar-refractivity contribution < 1.29 is 27.5 Å². The van der Waals surface area contributed by atoms with E-state index in [9.17, 15) is 14.7 Å². The maximum atomic E-state index is 12.1. The fraction of sp³-hybridized carbons (Fsp3) is 0.0870. The maximum Gasteiger partial charge on any atom is 0.336 e. The number of nitrogens with one attached hydrogen (secondary N) is 1. The third-order valence-electron chi connectivity index (χ3n) is 5.01. The summed E-state index contributed by atoms with van der Waals surface area (Å²) in [5, 5.41) is 19.0. The highest BCUT2D eigenvalue weighted by Gasteiger charge is 2.26. The number of carbonyl (C=O) groups excluding carboxylic acids is 1. The van der Waals surface area contributed by atoms with Gasteiger partial charge < -0.3 is 23.6 Å². The molecule has 0 atom stereocenters. The smallest absolute Gasteiger partial charge is 0.336 e. The molecule has 0 saturated heterocycles. The molecule has 2 aromatic carbocycles.